The van der Waals surface area contributed by atoms with Gasteiger partial charge >= 0.3 is 0 Å². The van der Waals surface area contributed by atoms with Crippen LogP contribution in [0.2, 0.25) is 5.02 Å². The molecule has 2 rings (SSSR count). The van der Waals surface area contributed by atoms with Crippen molar-refractivity contribution in [1.29, 1.82) is 0 Å². The van der Waals surface area contributed by atoms with Gasteiger partial charge in [-0.3, -0.25) is 9.59 Å². The molecule has 0 saturated heterocycles. The number of aromatic nitrogens is 1. The molecule has 0 fully saturated rings. The lowest BCUT2D eigenvalue weighted by Gasteiger charge is -2.06. The monoisotopic (exact) mass is 334 g/mol. The molecule has 0 spiro atoms. The van der Waals surface area contributed by atoms with E-state index in [0.29, 0.717) is 24.5 Å². The summed E-state index contributed by atoms with van der Waals surface area (Å²) in [6.07, 6.45) is 5.17. The number of rotatable bonds is 6. The number of pyridine rings is 1. The SMILES string of the molecule is O=C(/C=C/c1ccc(F)cc1)NCCCn1cc(Cl)ccc1=O. The summed E-state index contributed by atoms with van der Waals surface area (Å²) >= 11 is 5.83. The molecule has 1 amide bonds. The van der Waals surface area contributed by atoms with Gasteiger partial charge in [0.1, 0.15) is 5.82 Å². The summed E-state index contributed by atoms with van der Waals surface area (Å²) in [7, 11) is 0. The average Bonchev–Trinajstić information content (AvgIpc) is 2.54. The predicted octanol–water partition coefficient (Wildman–Crippen LogP) is 2.86. The molecule has 0 aliphatic heterocycles. The van der Waals surface area contributed by atoms with E-state index in [4.69, 9.17) is 11.6 Å². The van der Waals surface area contributed by atoms with Crippen LogP contribution in [0.5, 0.6) is 0 Å². The first-order valence-corrected chi connectivity index (χ1v) is 7.50. The molecule has 1 heterocycles. The summed E-state index contributed by atoms with van der Waals surface area (Å²) in [4.78, 5) is 23.2. The summed E-state index contributed by atoms with van der Waals surface area (Å²) in [5.74, 6) is -0.560. The lowest BCUT2D eigenvalue weighted by Crippen LogP contribution is -2.25. The van der Waals surface area contributed by atoms with Gasteiger partial charge in [0.15, 0.2) is 0 Å². The Morgan fingerprint density at radius 2 is 1.96 bits per heavy atom. The van der Waals surface area contributed by atoms with Crippen LogP contribution in [0, 0.1) is 5.82 Å². The Morgan fingerprint density at radius 1 is 1.22 bits per heavy atom. The second-order valence-corrected chi connectivity index (χ2v) is 5.34. The number of hydrogen-bond donors (Lipinski definition) is 1. The minimum atomic E-state index is -0.317. The highest BCUT2D eigenvalue weighted by Crippen LogP contribution is 2.05. The summed E-state index contributed by atoms with van der Waals surface area (Å²) in [5, 5.41) is 3.22. The van der Waals surface area contributed by atoms with Crippen LogP contribution in [-0.4, -0.2) is 17.0 Å². The van der Waals surface area contributed by atoms with E-state index in [1.807, 2.05) is 0 Å². The van der Waals surface area contributed by atoms with E-state index in [-0.39, 0.29) is 17.3 Å². The normalized spacial score (nSPS) is 10.9. The number of nitrogens with one attached hydrogen (secondary N) is 1. The Morgan fingerprint density at radius 3 is 2.70 bits per heavy atom. The minimum Gasteiger partial charge on any atom is -0.352 e. The maximum absolute atomic E-state index is 12.7. The highest BCUT2D eigenvalue weighted by molar-refractivity contribution is 6.30. The van der Waals surface area contributed by atoms with Crippen molar-refractivity contribution in [3.05, 3.63) is 75.4 Å². The predicted molar refractivity (Wildman–Crippen MR) is 88.8 cm³/mol. The molecular formula is C17H16ClFN2O2. The van der Waals surface area contributed by atoms with E-state index < -0.39 is 0 Å². The second-order valence-electron chi connectivity index (χ2n) is 4.91. The van der Waals surface area contributed by atoms with Crippen LogP contribution in [0.25, 0.3) is 6.08 Å². The van der Waals surface area contributed by atoms with Crippen LogP contribution in [0.15, 0.2) is 53.5 Å². The Kier molecular flexibility index (Phi) is 6.11. The van der Waals surface area contributed by atoms with E-state index >= 15 is 0 Å². The van der Waals surface area contributed by atoms with Crippen LogP contribution in [0.4, 0.5) is 4.39 Å². The zero-order valence-electron chi connectivity index (χ0n) is 12.3. The van der Waals surface area contributed by atoms with Gasteiger partial charge in [0, 0.05) is 31.4 Å². The van der Waals surface area contributed by atoms with Crippen LogP contribution >= 0.6 is 11.6 Å². The van der Waals surface area contributed by atoms with E-state index in [0.717, 1.165) is 5.56 Å². The molecule has 0 radical (unpaired) electrons. The van der Waals surface area contributed by atoms with Crippen molar-refractivity contribution in [1.82, 2.24) is 9.88 Å². The molecule has 1 aromatic carbocycles. The quantitative estimate of drug-likeness (QED) is 0.652. The van der Waals surface area contributed by atoms with E-state index in [2.05, 4.69) is 5.32 Å². The van der Waals surface area contributed by atoms with Crippen LogP contribution in [0.1, 0.15) is 12.0 Å². The molecule has 0 atom stereocenters. The van der Waals surface area contributed by atoms with Crippen molar-refractivity contribution in [2.45, 2.75) is 13.0 Å². The molecule has 23 heavy (non-hydrogen) atoms. The Labute approximate surface area is 138 Å². The molecule has 0 unspecified atom stereocenters. The summed E-state index contributed by atoms with van der Waals surface area (Å²) in [5.41, 5.74) is 0.615. The van der Waals surface area contributed by atoms with Crippen LogP contribution < -0.4 is 10.9 Å². The van der Waals surface area contributed by atoms with Gasteiger partial charge < -0.3 is 9.88 Å². The topological polar surface area (TPSA) is 51.1 Å². The number of carbonyl (C=O) groups excluding carboxylic acids is 1. The second kappa shape index (κ2) is 8.29. The highest BCUT2D eigenvalue weighted by Gasteiger charge is 1.99. The molecule has 0 aliphatic rings. The highest BCUT2D eigenvalue weighted by atomic mass is 35.5. The molecule has 1 aromatic heterocycles. The molecule has 2 aromatic rings. The van der Waals surface area contributed by atoms with Gasteiger partial charge in [0.05, 0.1) is 5.02 Å². The fourth-order valence-electron chi connectivity index (χ4n) is 1.94. The molecule has 0 saturated carbocycles. The standard InChI is InChI=1S/C17H16ClFN2O2/c18-14-5-9-17(23)21(12-14)11-1-10-20-16(22)8-4-13-2-6-15(19)7-3-13/h2-9,12H,1,10-11H2,(H,20,22)/b8-4+. The fourth-order valence-corrected chi connectivity index (χ4v) is 2.12. The molecular weight excluding hydrogens is 319 g/mol. The molecule has 1 N–H and O–H groups in total. The van der Waals surface area contributed by atoms with Gasteiger partial charge in [-0.15, -0.1) is 0 Å². The summed E-state index contributed by atoms with van der Waals surface area (Å²) in [6, 6.07) is 8.80. The summed E-state index contributed by atoms with van der Waals surface area (Å²) < 4.78 is 14.3. The zero-order chi connectivity index (χ0) is 16.7. The van der Waals surface area contributed by atoms with Gasteiger partial charge in [0.2, 0.25) is 5.91 Å². The number of amides is 1. The Bertz CT molecular complexity index is 754. The van der Waals surface area contributed by atoms with Crippen molar-refractivity contribution in [2.24, 2.45) is 0 Å². The number of hydrogen-bond acceptors (Lipinski definition) is 2. The molecule has 4 nitrogen and oxygen atoms in total. The van der Waals surface area contributed by atoms with Gasteiger partial charge in [0.25, 0.3) is 5.56 Å². The Balaban J connectivity index is 1.75. The summed E-state index contributed by atoms with van der Waals surface area (Å²) in [6.45, 7) is 0.910. The van der Waals surface area contributed by atoms with Gasteiger partial charge in [-0.1, -0.05) is 23.7 Å². The van der Waals surface area contributed by atoms with Gasteiger partial charge in [-0.2, -0.15) is 0 Å². The van der Waals surface area contributed by atoms with Gasteiger partial charge in [-0.05, 0) is 36.3 Å². The Hall–Kier alpha value is -2.40. The van der Waals surface area contributed by atoms with Crippen LogP contribution in [0.3, 0.4) is 0 Å². The lowest BCUT2D eigenvalue weighted by atomic mass is 10.2. The van der Waals surface area contributed by atoms with Crippen molar-refractivity contribution in [2.75, 3.05) is 6.54 Å². The first kappa shape index (κ1) is 17.0. The van der Waals surface area contributed by atoms with E-state index in [1.54, 1.807) is 30.5 Å². The van der Waals surface area contributed by atoms with Crippen LogP contribution in [-0.2, 0) is 11.3 Å². The maximum Gasteiger partial charge on any atom is 0.250 e. The average molecular weight is 335 g/mol. The zero-order valence-corrected chi connectivity index (χ0v) is 13.1. The largest absolute Gasteiger partial charge is 0.352 e. The van der Waals surface area contributed by atoms with E-state index in [1.165, 1.54) is 28.8 Å². The third-order valence-corrected chi connectivity index (χ3v) is 3.34. The van der Waals surface area contributed by atoms with Gasteiger partial charge in [-0.25, -0.2) is 4.39 Å². The van der Waals surface area contributed by atoms with Crippen molar-refractivity contribution < 1.29 is 9.18 Å². The number of carbonyl (C=O) groups is 1. The smallest absolute Gasteiger partial charge is 0.250 e. The number of aryl methyl sites for hydroxylation is 1. The molecule has 120 valence electrons. The minimum absolute atomic E-state index is 0.128. The van der Waals surface area contributed by atoms with Crippen molar-refractivity contribution in [3.8, 4) is 0 Å². The fraction of sp³-hybridized carbons (Fsp3) is 0.176. The molecule has 0 bridgehead atoms. The lowest BCUT2D eigenvalue weighted by molar-refractivity contribution is -0.116. The third kappa shape index (κ3) is 5.71. The number of nitrogens with zero attached hydrogens (tertiary/aromatic N) is 1. The third-order valence-electron chi connectivity index (χ3n) is 3.12. The molecule has 0 aliphatic carbocycles. The maximum atomic E-state index is 12.7. The van der Waals surface area contributed by atoms with Crippen molar-refractivity contribution in [3.63, 3.8) is 0 Å². The van der Waals surface area contributed by atoms with Crippen molar-refractivity contribution >= 4 is 23.6 Å². The first-order chi connectivity index (χ1) is 11.0. The molecule has 6 heteroatoms. The van der Waals surface area contributed by atoms with E-state index in [9.17, 15) is 14.0 Å². The first-order valence-electron chi connectivity index (χ1n) is 7.12. The number of benzene rings is 1. The number of halogens is 2.